The Labute approximate surface area is 128 Å². The van der Waals surface area contributed by atoms with Gasteiger partial charge in [0.1, 0.15) is 5.75 Å². The van der Waals surface area contributed by atoms with E-state index in [0.717, 1.165) is 40.9 Å². The number of nitrogens with zero attached hydrogens (tertiary/aromatic N) is 2. The Morgan fingerprint density at radius 3 is 2.60 bits per heavy atom. The van der Waals surface area contributed by atoms with E-state index >= 15 is 0 Å². The molecule has 0 amide bonds. The summed E-state index contributed by atoms with van der Waals surface area (Å²) in [5.41, 5.74) is 8.30. The Morgan fingerprint density at radius 2 is 2.05 bits per heavy atom. The van der Waals surface area contributed by atoms with Gasteiger partial charge in [0.05, 0.1) is 29.0 Å². The van der Waals surface area contributed by atoms with Gasteiger partial charge in [-0.05, 0) is 40.0 Å². The largest absolute Gasteiger partial charge is 0.494 e. The summed E-state index contributed by atoms with van der Waals surface area (Å²) in [6, 6.07) is 7.74. The molecular weight excluding hydrogens is 318 g/mol. The van der Waals surface area contributed by atoms with Crippen molar-refractivity contribution in [2.24, 2.45) is 12.8 Å². The smallest absolute Gasteiger partial charge is 0.119 e. The summed E-state index contributed by atoms with van der Waals surface area (Å²) in [4.78, 5) is 0. The van der Waals surface area contributed by atoms with Gasteiger partial charge in [-0.25, -0.2) is 0 Å². The molecule has 0 radical (unpaired) electrons. The zero-order valence-electron chi connectivity index (χ0n) is 11.8. The van der Waals surface area contributed by atoms with E-state index in [1.165, 1.54) is 0 Å². The minimum Gasteiger partial charge on any atom is -0.494 e. The lowest BCUT2D eigenvalue weighted by molar-refractivity contribution is 0.309. The van der Waals surface area contributed by atoms with Crippen molar-refractivity contribution in [1.29, 1.82) is 0 Å². The third-order valence-electron chi connectivity index (χ3n) is 3.24. The summed E-state index contributed by atoms with van der Waals surface area (Å²) in [5, 5.41) is 4.20. The third-order valence-corrected chi connectivity index (χ3v) is 3.85. The SMILES string of the molecule is CCCCOc1ccc(C(N)c2c(Br)cnn2C)cc1. The van der Waals surface area contributed by atoms with Crippen LogP contribution >= 0.6 is 15.9 Å². The summed E-state index contributed by atoms with van der Waals surface area (Å²) in [6.07, 6.45) is 3.97. The molecule has 0 aliphatic heterocycles. The fourth-order valence-electron chi connectivity index (χ4n) is 2.03. The predicted molar refractivity (Wildman–Crippen MR) is 83.8 cm³/mol. The molecular formula is C15H20BrN3O. The lowest BCUT2D eigenvalue weighted by Gasteiger charge is -2.14. The molecule has 4 nitrogen and oxygen atoms in total. The molecule has 2 N–H and O–H groups in total. The van der Waals surface area contributed by atoms with Crippen LogP contribution < -0.4 is 10.5 Å². The molecule has 0 aliphatic rings. The summed E-state index contributed by atoms with van der Waals surface area (Å²) in [5.74, 6) is 0.887. The van der Waals surface area contributed by atoms with E-state index in [2.05, 4.69) is 28.0 Å². The lowest BCUT2D eigenvalue weighted by Crippen LogP contribution is -2.16. The first kappa shape index (κ1) is 15.1. The third kappa shape index (κ3) is 3.41. The second-order valence-electron chi connectivity index (χ2n) is 4.75. The van der Waals surface area contributed by atoms with Crippen molar-refractivity contribution in [3.05, 3.63) is 46.2 Å². The molecule has 20 heavy (non-hydrogen) atoms. The van der Waals surface area contributed by atoms with Crippen LogP contribution in [0.3, 0.4) is 0 Å². The van der Waals surface area contributed by atoms with Gasteiger partial charge < -0.3 is 10.5 Å². The number of benzene rings is 1. The first-order valence-electron chi connectivity index (χ1n) is 6.79. The molecule has 0 saturated carbocycles. The Bertz CT molecular complexity index is 531. The first-order chi connectivity index (χ1) is 9.63. The zero-order chi connectivity index (χ0) is 14.5. The van der Waals surface area contributed by atoms with Crippen LogP contribution in [0.2, 0.25) is 0 Å². The number of nitrogens with two attached hydrogens (primary N) is 1. The van der Waals surface area contributed by atoms with Gasteiger partial charge in [0, 0.05) is 7.05 Å². The first-order valence-corrected chi connectivity index (χ1v) is 7.58. The fourth-order valence-corrected chi connectivity index (χ4v) is 2.63. The van der Waals surface area contributed by atoms with Crippen LogP contribution in [0, 0.1) is 0 Å². The van der Waals surface area contributed by atoms with Gasteiger partial charge in [0.25, 0.3) is 0 Å². The summed E-state index contributed by atoms with van der Waals surface area (Å²) in [7, 11) is 1.89. The molecule has 0 spiro atoms. The predicted octanol–water partition coefficient (Wildman–Crippen LogP) is 3.41. The van der Waals surface area contributed by atoms with E-state index < -0.39 is 0 Å². The average Bonchev–Trinajstić information content (AvgIpc) is 2.78. The van der Waals surface area contributed by atoms with E-state index in [1.54, 1.807) is 10.9 Å². The molecule has 0 saturated heterocycles. The van der Waals surface area contributed by atoms with Gasteiger partial charge in [-0.2, -0.15) is 5.10 Å². The normalized spacial score (nSPS) is 12.4. The van der Waals surface area contributed by atoms with E-state index in [9.17, 15) is 0 Å². The molecule has 1 atom stereocenters. The van der Waals surface area contributed by atoms with Crippen molar-refractivity contribution in [3.63, 3.8) is 0 Å². The number of unbranched alkanes of at least 4 members (excludes halogenated alkanes) is 1. The summed E-state index contributed by atoms with van der Waals surface area (Å²) in [6.45, 7) is 2.91. The topological polar surface area (TPSA) is 53.1 Å². The number of hydrogen-bond donors (Lipinski definition) is 1. The minimum absolute atomic E-state index is 0.207. The van der Waals surface area contributed by atoms with Gasteiger partial charge in [-0.1, -0.05) is 25.5 Å². The monoisotopic (exact) mass is 337 g/mol. The van der Waals surface area contributed by atoms with Gasteiger partial charge in [-0.3, -0.25) is 4.68 Å². The Kier molecular flexibility index (Phi) is 5.20. The van der Waals surface area contributed by atoms with Gasteiger partial charge in [0.2, 0.25) is 0 Å². The van der Waals surface area contributed by atoms with Crippen LogP contribution in [0.1, 0.15) is 37.1 Å². The molecule has 5 heteroatoms. The minimum atomic E-state index is -0.207. The highest BCUT2D eigenvalue weighted by molar-refractivity contribution is 9.10. The van der Waals surface area contributed by atoms with Crippen molar-refractivity contribution in [2.45, 2.75) is 25.8 Å². The maximum atomic E-state index is 6.30. The molecule has 2 aromatic rings. The number of rotatable bonds is 6. The van der Waals surface area contributed by atoms with Crippen molar-refractivity contribution in [3.8, 4) is 5.75 Å². The fraction of sp³-hybridized carbons (Fsp3) is 0.400. The number of aryl methyl sites for hydroxylation is 1. The molecule has 0 aliphatic carbocycles. The highest BCUT2D eigenvalue weighted by Crippen LogP contribution is 2.27. The second kappa shape index (κ2) is 6.90. The van der Waals surface area contributed by atoms with Crippen molar-refractivity contribution >= 4 is 15.9 Å². The van der Waals surface area contributed by atoms with E-state index in [-0.39, 0.29) is 6.04 Å². The highest BCUT2D eigenvalue weighted by Gasteiger charge is 2.16. The molecule has 108 valence electrons. The maximum Gasteiger partial charge on any atom is 0.119 e. The number of halogens is 1. The average molecular weight is 338 g/mol. The molecule has 0 fully saturated rings. The van der Waals surface area contributed by atoms with Crippen LogP contribution in [-0.4, -0.2) is 16.4 Å². The Morgan fingerprint density at radius 1 is 1.35 bits per heavy atom. The summed E-state index contributed by atoms with van der Waals surface area (Å²) >= 11 is 3.48. The Hall–Kier alpha value is -1.33. The van der Waals surface area contributed by atoms with Crippen LogP contribution in [0.25, 0.3) is 0 Å². The van der Waals surface area contributed by atoms with Crippen LogP contribution in [-0.2, 0) is 7.05 Å². The van der Waals surface area contributed by atoms with E-state index in [4.69, 9.17) is 10.5 Å². The number of aromatic nitrogens is 2. The molecule has 1 unspecified atom stereocenters. The van der Waals surface area contributed by atoms with Crippen molar-refractivity contribution < 1.29 is 4.74 Å². The van der Waals surface area contributed by atoms with Crippen LogP contribution in [0.4, 0.5) is 0 Å². The molecule has 1 aromatic heterocycles. The van der Waals surface area contributed by atoms with Gasteiger partial charge in [-0.15, -0.1) is 0 Å². The molecule has 0 bridgehead atoms. The van der Waals surface area contributed by atoms with Crippen LogP contribution in [0.5, 0.6) is 5.75 Å². The molecule has 1 heterocycles. The van der Waals surface area contributed by atoms with Gasteiger partial charge >= 0.3 is 0 Å². The molecule has 1 aromatic carbocycles. The van der Waals surface area contributed by atoms with E-state index in [1.807, 2.05) is 31.3 Å². The highest BCUT2D eigenvalue weighted by atomic mass is 79.9. The number of ether oxygens (including phenoxy) is 1. The maximum absolute atomic E-state index is 6.30. The van der Waals surface area contributed by atoms with Crippen molar-refractivity contribution in [2.75, 3.05) is 6.61 Å². The summed E-state index contributed by atoms with van der Waals surface area (Å²) < 4.78 is 8.37. The quantitative estimate of drug-likeness (QED) is 0.821. The zero-order valence-corrected chi connectivity index (χ0v) is 13.4. The van der Waals surface area contributed by atoms with E-state index in [0.29, 0.717) is 0 Å². The molecule has 2 rings (SSSR count). The second-order valence-corrected chi connectivity index (χ2v) is 5.60. The Balaban J connectivity index is 2.10. The standard InChI is InChI=1S/C15H20BrN3O/c1-3-4-9-20-12-7-5-11(6-8-12)14(17)15-13(16)10-18-19(15)2/h5-8,10,14H,3-4,9,17H2,1-2H3. The van der Waals surface area contributed by atoms with Gasteiger partial charge in [0.15, 0.2) is 0 Å². The van der Waals surface area contributed by atoms with Crippen molar-refractivity contribution in [1.82, 2.24) is 9.78 Å². The lowest BCUT2D eigenvalue weighted by atomic mass is 10.0. The number of hydrogen-bond acceptors (Lipinski definition) is 3. The van der Waals surface area contributed by atoms with Crippen LogP contribution in [0.15, 0.2) is 34.9 Å².